The van der Waals surface area contributed by atoms with Crippen molar-refractivity contribution < 1.29 is 23.8 Å². The fourth-order valence-electron chi connectivity index (χ4n) is 2.74. The van der Waals surface area contributed by atoms with E-state index in [2.05, 4.69) is 4.98 Å². The lowest BCUT2D eigenvalue weighted by atomic mass is 10.1. The molecule has 2 aromatic carbocycles. The number of aromatic nitrogens is 1. The normalized spacial score (nSPS) is 13.8. The van der Waals surface area contributed by atoms with Gasteiger partial charge in [0.2, 0.25) is 5.78 Å². The molecule has 0 fully saturated rings. The van der Waals surface area contributed by atoms with Crippen LogP contribution >= 0.6 is 0 Å². The summed E-state index contributed by atoms with van der Waals surface area (Å²) < 4.78 is 16.1. The van der Waals surface area contributed by atoms with Gasteiger partial charge in [-0.2, -0.15) is 0 Å². The third-order valence-corrected chi connectivity index (χ3v) is 4.16. The van der Waals surface area contributed by atoms with Gasteiger partial charge in [-0.1, -0.05) is 6.07 Å². The zero-order valence-corrected chi connectivity index (χ0v) is 14.9. The minimum atomic E-state index is -0.516. The Balaban J connectivity index is 1.53. The van der Waals surface area contributed by atoms with Crippen LogP contribution in [0.15, 0.2) is 72.8 Å². The molecule has 0 saturated carbocycles. The average molecular weight is 373 g/mol. The molecule has 1 aromatic heterocycles. The molecule has 1 aliphatic heterocycles. The molecule has 6 nitrogen and oxygen atoms in total. The molecule has 1 aliphatic rings. The fourth-order valence-corrected chi connectivity index (χ4v) is 2.74. The Morgan fingerprint density at radius 3 is 2.57 bits per heavy atom. The highest BCUT2D eigenvalue weighted by molar-refractivity contribution is 6.14. The topological polar surface area (TPSA) is 74.7 Å². The monoisotopic (exact) mass is 373 g/mol. The standard InChI is InChI=1S/C22H15NO5/c1-26-16-6-4-15(5-7-16)22(25)27-17-8-9-18-19(12-17)28-20(21(18)24)11-14-3-2-10-23-13-14/h2-13H,1H3/b20-11-. The number of rotatable bonds is 4. The molecule has 3 aromatic rings. The van der Waals surface area contributed by atoms with E-state index in [4.69, 9.17) is 14.2 Å². The van der Waals surface area contributed by atoms with Crippen LogP contribution in [0.5, 0.6) is 17.2 Å². The van der Waals surface area contributed by atoms with Gasteiger partial charge in [0.25, 0.3) is 0 Å². The minimum Gasteiger partial charge on any atom is -0.497 e. The van der Waals surface area contributed by atoms with E-state index < -0.39 is 5.97 Å². The number of pyridine rings is 1. The summed E-state index contributed by atoms with van der Waals surface area (Å²) in [5.41, 5.74) is 1.56. The van der Waals surface area contributed by atoms with Crippen LogP contribution in [0.2, 0.25) is 0 Å². The Morgan fingerprint density at radius 2 is 1.86 bits per heavy atom. The van der Waals surface area contributed by atoms with Gasteiger partial charge in [0.05, 0.1) is 18.2 Å². The van der Waals surface area contributed by atoms with Crippen molar-refractivity contribution in [1.29, 1.82) is 0 Å². The van der Waals surface area contributed by atoms with E-state index >= 15 is 0 Å². The van der Waals surface area contributed by atoms with Gasteiger partial charge in [0.15, 0.2) is 5.76 Å². The fraction of sp³-hybridized carbons (Fsp3) is 0.0455. The van der Waals surface area contributed by atoms with Crippen molar-refractivity contribution in [3.63, 3.8) is 0 Å². The van der Waals surface area contributed by atoms with Crippen LogP contribution in [0.4, 0.5) is 0 Å². The van der Waals surface area contributed by atoms with E-state index in [1.165, 1.54) is 6.07 Å². The third kappa shape index (κ3) is 3.48. The van der Waals surface area contributed by atoms with Crippen molar-refractivity contribution in [3.8, 4) is 17.2 Å². The molecule has 0 spiro atoms. The Morgan fingerprint density at radius 1 is 1.07 bits per heavy atom. The maximum Gasteiger partial charge on any atom is 0.343 e. The predicted molar refractivity (Wildman–Crippen MR) is 102 cm³/mol. The van der Waals surface area contributed by atoms with Crippen LogP contribution in [-0.4, -0.2) is 23.8 Å². The van der Waals surface area contributed by atoms with Gasteiger partial charge in [-0.25, -0.2) is 4.79 Å². The zero-order chi connectivity index (χ0) is 19.5. The van der Waals surface area contributed by atoms with Gasteiger partial charge in [0.1, 0.15) is 17.2 Å². The maximum absolute atomic E-state index is 12.5. The Labute approximate surface area is 161 Å². The minimum absolute atomic E-state index is 0.196. The number of esters is 1. The van der Waals surface area contributed by atoms with Crippen molar-refractivity contribution in [1.82, 2.24) is 4.98 Å². The van der Waals surface area contributed by atoms with Crippen LogP contribution in [0.25, 0.3) is 6.08 Å². The van der Waals surface area contributed by atoms with Gasteiger partial charge in [0, 0.05) is 18.5 Å². The van der Waals surface area contributed by atoms with Crippen molar-refractivity contribution in [2.45, 2.75) is 0 Å². The summed E-state index contributed by atoms with van der Waals surface area (Å²) in [6.45, 7) is 0. The number of hydrogen-bond acceptors (Lipinski definition) is 6. The summed E-state index contributed by atoms with van der Waals surface area (Å²) in [5, 5.41) is 0. The molecule has 4 rings (SSSR count). The highest BCUT2D eigenvalue weighted by atomic mass is 16.5. The zero-order valence-electron chi connectivity index (χ0n) is 14.9. The van der Waals surface area contributed by atoms with Crippen LogP contribution < -0.4 is 14.2 Å². The molecule has 0 unspecified atom stereocenters. The number of allylic oxidation sites excluding steroid dienone is 1. The maximum atomic E-state index is 12.5. The molecule has 2 heterocycles. The largest absolute Gasteiger partial charge is 0.497 e. The predicted octanol–water partition coefficient (Wildman–Crippen LogP) is 3.93. The third-order valence-electron chi connectivity index (χ3n) is 4.16. The molecule has 0 N–H and O–H groups in total. The van der Waals surface area contributed by atoms with Crippen LogP contribution in [0.3, 0.4) is 0 Å². The summed E-state index contributed by atoms with van der Waals surface area (Å²) in [7, 11) is 1.55. The molecule has 138 valence electrons. The number of benzene rings is 2. The SMILES string of the molecule is COc1ccc(C(=O)Oc2ccc3c(c2)O/C(=C\c2cccnc2)C3=O)cc1. The number of ketones is 1. The Bertz CT molecular complexity index is 1070. The first-order chi connectivity index (χ1) is 13.6. The molecule has 0 bridgehead atoms. The summed E-state index contributed by atoms with van der Waals surface area (Å²) >= 11 is 0. The Hall–Kier alpha value is -3.93. The number of nitrogens with zero attached hydrogens (tertiary/aromatic N) is 1. The second kappa shape index (κ2) is 7.36. The lowest BCUT2D eigenvalue weighted by molar-refractivity contribution is 0.0734. The number of carbonyl (C=O) groups is 2. The van der Waals surface area contributed by atoms with Crippen molar-refractivity contribution in [2.24, 2.45) is 0 Å². The Kier molecular flexibility index (Phi) is 4.60. The number of methoxy groups -OCH3 is 1. The summed E-state index contributed by atoms with van der Waals surface area (Å²) in [6, 6.07) is 14.8. The first-order valence-electron chi connectivity index (χ1n) is 8.48. The van der Waals surface area contributed by atoms with Crippen LogP contribution in [0.1, 0.15) is 26.3 Å². The molecule has 6 heteroatoms. The molecule has 0 atom stereocenters. The van der Waals surface area contributed by atoms with Gasteiger partial charge in [-0.15, -0.1) is 0 Å². The molecular weight excluding hydrogens is 358 g/mol. The number of carbonyl (C=O) groups excluding carboxylic acids is 2. The van der Waals surface area contributed by atoms with Crippen molar-refractivity contribution in [2.75, 3.05) is 7.11 Å². The van der Waals surface area contributed by atoms with E-state index in [9.17, 15) is 9.59 Å². The highest BCUT2D eigenvalue weighted by Crippen LogP contribution is 2.35. The number of fused-ring (bicyclic) bond motifs is 1. The summed E-state index contributed by atoms with van der Waals surface area (Å²) in [6.07, 6.45) is 4.91. The smallest absolute Gasteiger partial charge is 0.343 e. The van der Waals surface area contributed by atoms with E-state index in [-0.39, 0.29) is 17.3 Å². The molecule has 28 heavy (non-hydrogen) atoms. The second-order valence-corrected chi connectivity index (χ2v) is 6.00. The molecule has 0 saturated heterocycles. The number of Topliss-reactive ketones (excluding diaryl/α,β-unsaturated/α-hetero) is 1. The molecular formula is C22H15NO5. The van der Waals surface area contributed by atoms with Crippen LogP contribution in [-0.2, 0) is 0 Å². The molecule has 0 radical (unpaired) electrons. The highest BCUT2D eigenvalue weighted by Gasteiger charge is 2.28. The van der Waals surface area contributed by atoms with E-state index in [1.807, 2.05) is 6.07 Å². The summed E-state index contributed by atoms with van der Waals surface area (Å²) in [4.78, 5) is 28.8. The molecule has 0 amide bonds. The average Bonchev–Trinajstić information content (AvgIpc) is 3.03. The van der Waals surface area contributed by atoms with E-state index in [0.717, 1.165) is 5.56 Å². The van der Waals surface area contributed by atoms with Crippen molar-refractivity contribution >= 4 is 17.8 Å². The van der Waals surface area contributed by atoms with Gasteiger partial charge in [-0.05, 0) is 54.1 Å². The molecule has 0 aliphatic carbocycles. The van der Waals surface area contributed by atoms with E-state index in [0.29, 0.717) is 22.6 Å². The lowest BCUT2D eigenvalue weighted by Gasteiger charge is -2.06. The van der Waals surface area contributed by atoms with E-state index in [1.54, 1.807) is 68.0 Å². The van der Waals surface area contributed by atoms with Crippen LogP contribution in [0, 0.1) is 0 Å². The number of hydrogen-bond donors (Lipinski definition) is 0. The summed E-state index contributed by atoms with van der Waals surface area (Å²) in [5.74, 6) is 0.732. The lowest BCUT2D eigenvalue weighted by Crippen LogP contribution is -2.08. The first-order valence-corrected chi connectivity index (χ1v) is 8.48. The second-order valence-electron chi connectivity index (χ2n) is 6.00. The van der Waals surface area contributed by atoms with Gasteiger partial charge < -0.3 is 14.2 Å². The first kappa shape index (κ1) is 17.5. The van der Waals surface area contributed by atoms with Crippen molar-refractivity contribution in [3.05, 3.63) is 89.4 Å². The number of ether oxygens (including phenoxy) is 3. The van der Waals surface area contributed by atoms with Gasteiger partial charge >= 0.3 is 5.97 Å². The van der Waals surface area contributed by atoms with Gasteiger partial charge in [-0.3, -0.25) is 9.78 Å². The quantitative estimate of drug-likeness (QED) is 0.392.